The van der Waals surface area contributed by atoms with Gasteiger partial charge in [0.25, 0.3) is 0 Å². The SMILES string of the molecule is CCN1CCN(CC(=O)N2C(C)CCCC2C)CC1. The Morgan fingerprint density at radius 2 is 1.53 bits per heavy atom. The van der Waals surface area contributed by atoms with E-state index in [0.717, 1.165) is 32.7 Å². The largest absolute Gasteiger partial charge is 0.336 e. The second kappa shape index (κ2) is 6.71. The van der Waals surface area contributed by atoms with Crippen LogP contribution in [0, 0.1) is 0 Å². The van der Waals surface area contributed by atoms with Gasteiger partial charge in [-0.05, 0) is 39.7 Å². The molecule has 2 fully saturated rings. The van der Waals surface area contributed by atoms with Gasteiger partial charge in [0, 0.05) is 38.3 Å². The summed E-state index contributed by atoms with van der Waals surface area (Å²) in [5.41, 5.74) is 0. The standard InChI is InChI=1S/C15H29N3O/c1-4-16-8-10-17(11-9-16)12-15(19)18-13(2)6-5-7-14(18)3/h13-14H,4-12H2,1-3H3. The normalized spacial score (nSPS) is 30.6. The van der Waals surface area contributed by atoms with Crippen LogP contribution in [0.3, 0.4) is 0 Å². The lowest BCUT2D eigenvalue weighted by Crippen LogP contribution is -2.54. The van der Waals surface area contributed by atoms with Crippen LogP contribution in [0.25, 0.3) is 0 Å². The van der Waals surface area contributed by atoms with E-state index in [0.29, 0.717) is 24.5 Å². The molecule has 0 aromatic heterocycles. The summed E-state index contributed by atoms with van der Waals surface area (Å²) < 4.78 is 0. The fourth-order valence-corrected chi connectivity index (χ4v) is 3.45. The summed E-state index contributed by atoms with van der Waals surface area (Å²) in [6.07, 6.45) is 3.60. The lowest BCUT2D eigenvalue weighted by Gasteiger charge is -2.41. The monoisotopic (exact) mass is 267 g/mol. The smallest absolute Gasteiger partial charge is 0.237 e. The van der Waals surface area contributed by atoms with Gasteiger partial charge in [0.1, 0.15) is 0 Å². The fraction of sp³-hybridized carbons (Fsp3) is 0.933. The van der Waals surface area contributed by atoms with Crippen LogP contribution < -0.4 is 0 Å². The Balaban J connectivity index is 1.83. The number of amides is 1. The van der Waals surface area contributed by atoms with Gasteiger partial charge in [-0.3, -0.25) is 9.69 Å². The van der Waals surface area contributed by atoms with E-state index in [1.165, 1.54) is 19.3 Å². The van der Waals surface area contributed by atoms with Gasteiger partial charge >= 0.3 is 0 Å². The molecule has 2 saturated heterocycles. The van der Waals surface area contributed by atoms with Crippen LogP contribution in [0.15, 0.2) is 0 Å². The first-order valence-corrected chi connectivity index (χ1v) is 7.87. The van der Waals surface area contributed by atoms with Crippen molar-refractivity contribution in [2.75, 3.05) is 39.3 Å². The highest BCUT2D eigenvalue weighted by Crippen LogP contribution is 2.22. The first kappa shape index (κ1) is 14.8. The van der Waals surface area contributed by atoms with Crippen molar-refractivity contribution >= 4 is 5.91 Å². The molecule has 2 unspecified atom stereocenters. The van der Waals surface area contributed by atoms with Crippen molar-refractivity contribution in [1.82, 2.24) is 14.7 Å². The summed E-state index contributed by atoms with van der Waals surface area (Å²) >= 11 is 0. The molecule has 0 aliphatic carbocycles. The average molecular weight is 267 g/mol. The summed E-state index contributed by atoms with van der Waals surface area (Å²) in [6, 6.07) is 0.848. The number of piperidine rings is 1. The zero-order valence-corrected chi connectivity index (χ0v) is 12.8. The van der Waals surface area contributed by atoms with Crippen molar-refractivity contribution < 1.29 is 4.79 Å². The Hall–Kier alpha value is -0.610. The van der Waals surface area contributed by atoms with E-state index in [1.54, 1.807) is 0 Å². The predicted octanol–water partition coefficient (Wildman–Crippen LogP) is 1.41. The Morgan fingerprint density at radius 3 is 2.05 bits per heavy atom. The molecular weight excluding hydrogens is 238 g/mol. The number of nitrogens with zero attached hydrogens (tertiary/aromatic N) is 3. The number of likely N-dealkylation sites (tertiary alicyclic amines) is 1. The van der Waals surface area contributed by atoms with Crippen LogP contribution in [0.1, 0.15) is 40.0 Å². The molecule has 19 heavy (non-hydrogen) atoms. The van der Waals surface area contributed by atoms with Crippen molar-refractivity contribution in [3.8, 4) is 0 Å². The summed E-state index contributed by atoms with van der Waals surface area (Å²) in [5.74, 6) is 0.338. The summed E-state index contributed by atoms with van der Waals surface area (Å²) in [4.78, 5) is 19.4. The molecule has 0 aromatic rings. The molecule has 4 heteroatoms. The first-order chi connectivity index (χ1) is 9.11. The third-order valence-corrected chi connectivity index (χ3v) is 4.75. The van der Waals surface area contributed by atoms with Crippen LogP contribution >= 0.6 is 0 Å². The summed E-state index contributed by atoms with van der Waals surface area (Å²) in [5, 5.41) is 0. The minimum atomic E-state index is 0.338. The maximum absolute atomic E-state index is 12.5. The van der Waals surface area contributed by atoms with Gasteiger partial charge in [-0.1, -0.05) is 6.92 Å². The van der Waals surface area contributed by atoms with Crippen LogP contribution in [0.4, 0.5) is 0 Å². The van der Waals surface area contributed by atoms with Crippen LogP contribution in [0.2, 0.25) is 0 Å². The van der Waals surface area contributed by atoms with Crippen molar-refractivity contribution in [2.24, 2.45) is 0 Å². The Labute approximate surface area is 117 Å². The van der Waals surface area contributed by atoms with E-state index >= 15 is 0 Å². The molecule has 0 N–H and O–H groups in total. The fourth-order valence-electron chi connectivity index (χ4n) is 3.45. The Kier molecular flexibility index (Phi) is 5.22. The lowest BCUT2D eigenvalue weighted by molar-refractivity contribution is -0.138. The molecule has 4 nitrogen and oxygen atoms in total. The van der Waals surface area contributed by atoms with Gasteiger partial charge in [-0.25, -0.2) is 0 Å². The van der Waals surface area contributed by atoms with E-state index in [2.05, 4.69) is 35.5 Å². The Bertz CT molecular complexity index is 290. The molecule has 2 aliphatic rings. The van der Waals surface area contributed by atoms with E-state index in [9.17, 15) is 4.79 Å². The third-order valence-electron chi connectivity index (χ3n) is 4.75. The summed E-state index contributed by atoms with van der Waals surface area (Å²) in [6.45, 7) is 12.6. The van der Waals surface area contributed by atoms with E-state index in [1.807, 2.05) is 0 Å². The molecule has 0 saturated carbocycles. The highest BCUT2D eigenvalue weighted by molar-refractivity contribution is 5.79. The van der Waals surface area contributed by atoms with E-state index in [4.69, 9.17) is 0 Å². The zero-order chi connectivity index (χ0) is 13.8. The minimum Gasteiger partial charge on any atom is -0.336 e. The van der Waals surface area contributed by atoms with Crippen molar-refractivity contribution in [3.63, 3.8) is 0 Å². The van der Waals surface area contributed by atoms with E-state index < -0.39 is 0 Å². The first-order valence-electron chi connectivity index (χ1n) is 7.87. The second-order valence-electron chi connectivity index (χ2n) is 6.14. The molecule has 2 rings (SSSR count). The number of carbonyl (C=O) groups excluding carboxylic acids is 1. The number of likely N-dealkylation sites (N-methyl/N-ethyl adjacent to an activating group) is 1. The molecule has 110 valence electrons. The molecule has 0 radical (unpaired) electrons. The van der Waals surface area contributed by atoms with Crippen LogP contribution in [-0.4, -0.2) is 72.0 Å². The van der Waals surface area contributed by atoms with Gasteiger partial charge in [-0.2, -0.15) is 0 Å². The molecular formula is C15H29N3O. The number of hydrogen-bond acceptors (Lipinski definition) is 3. The number of piperazine rings is 1. The number of rotatable bonds is 3. The molecule has 2 atom stereocenters. The van der Waals surface area contributed by atoms with Gasteiger partial charge < -0.3 is 9.80 Å². The van der Waals surface area contributed by atoms with Crippen LogP contribution in [0.5, 0.6) is 0 Å². The highest BCUT2D eigenvalue weighted by atomic mass is 16.2. The van der Waals surface area contributed by atoms with Crippen LogP contribution in [-0.2, 0) is 4.79 Å². The second-order valence-corrected chi connectivity index (χ2v) is 6.14. The molecule has 0 spiro atoms. The molecule has 2 heterocycles. The average Bonchev–Trinajstić information content (AvgIpc) is 2.39. The predicted molar refractivity (Wildman–Crippen MR) is 78.2 cm³/mol. The highest BCUT2D eigenvalue weighted by Gasteiger charge is 2.30. The maximum atomic E-state index is 12.5. The van der Waals surface area contributed by atoms with Gasteiger partial charge in [0.2, 0.25) is 5.91 Å². The van der Waals surface area contributed by atoms with E-state index in [-0.39, 0.29) is 0 Å². The van der Waals surface area contributed by atoms with Crippen molar-refractivity contribution in [2.45, 2.75) is 52.1 Å². The third kappa shape index (κ3) is 3.69. The zero-order valence-electron chi connectivity index (χ0n) is 12.8. The maximum Gasteiger partial charge on any atom is 0.237 e. The Morgan fingerprint density at radius 1 is 1.00 bits per heavy atom. The molecule has 0 bridgehead atoms. The lowest BCUT2D eigenvalue weighted by atomic mass is 9.97. The quantitative estimate of drug-likeness (QED) is 0.773. The van der Waals surface area contributed by atoms with Crippen molar-refractivity contribution in [1.29, 1.82) is 0 Å². The molecule has 0 aromatic carbocycles. The van der Waals surface area contributed by atoms with Gasteiger partial charge in [0.15, 0.2) is 0 Å². The number of hydrogen-bond donors (Lipinski definition) is 0. The van der Waals surface area contributed by atoms with Crippen molar-refractivity contribution in [3.05, 3.63) is 0 Å². The number of carbonyl (C=O) groups is 1. The summed E-state index contributed by atoms with van der Waals surface area (Å²) in [7, 11) is 0. The topological polar surface area (TPSA) is 26.8 Å². The minimum absolute atomic E-state index is 0.338. The van der Waals surface area contributed by atoms with Gasteiger partial charge in [0.05, 0.1) is 6.54 Å². The van der Waals surface area contributed by atoms with Gasteiger partial charge in [-0.15, -0.1) is 0 Å². The molecule has 2 aliphatic heterocycles. The molecule has 1 amide bonds.